The van der Waals surface area contributed by atoms with E-state index in [1.54, 1.807) is 0 Å². The van der Waals surface area contributed by atoms with Gasteiger partial charge in [-0.2, -0.15) is 0 Å². The fourth-order valence-corrected chi connectivity index (χ4v) is 2.57. The van der Waals surface area contributed by atoms with E-state index in [1.807, 2.05) is 32.0 Å². The molecule has 1 saturated carbocycles. The molecule has 5 nitrogen and oxygen atoms in total. The van der Waals surface area contributed by atoms with E-state index in [4.69, 9.17) is 4.52 Å². The zero-order chi connectivity index (χ0) is 14.8. The highest BCUT2D eigenvalue weighted by Crippen LogP contribution is 2.40. The molecule has 1 aromatic carbocycles. The Bertz CT molecular complexity index is 617. The molecule has 2 N–H and O–H groups in total. The normalized spacial score (nSPS) is 20.1. The molecule has 1 fully saturated rings. The molecule has 21 heavy (non-hydrogen) atoms. The second-order valence-corrected chi connectivity index (χ2v) is 5.49. The predicted molar refractivity (Wildman–Crippen MR) is 78.9 cm³/mol. The summed E-state index contributed by atoms with van der Waals surface area (Å²) in [6.45, 7) is 4.16. The first-order valence-corrected chi connectivity index (χ1v) is 7.16. The van der Waals surface area contributed by atoms with Gasteiger partial charge in [-0.3, -0.25) is 0 Å². The first kappa shape index (κ1) is 13.7. The highest BCUT2D eigenvalue weighted by atomic mass is 16.5. The van der Waals surface area contributed by atoms with E-state index < -0.39 is 0 Å². The molecule has 0 saturated heterocycles. The quantitative estimate of drug-likeness (QED) is 0.907. The predicted octanol–water partition coefficient (Wildman–Crippen LogP) is 2.65. The van der Waals surface area contributed by atoms with E-state index in [9.17, 15) is 4.79 Å². The van der Waals surface area contributed by atoms with Crippen LogP contribution in [-0.2, 0) is 6.54 Å². The van der Waals surface area contributed by atoms with Gasteiger partial charge in [0.25, 0.3) is 0 Å². The van der Waals surface area contributed by atoms with E-state index in [2.05, 4.69) is 27.9 Å². The molecule has 1 aliphatic carbocycles. The third-order valence-electron chi connectivity index (χ3n) is 3.94. The molecule has 0 aliphatic heterocycles. The van der Waals surface area contributed by atoms with Gasteiger partial charge in [-0.05, 0) is 25.8 Å². The van der Waals surface area contributed by atoms with Crippen LogP contribution >= 0.6 is 0 Å². The lowest BCUT2D eigenvalue weighted by atomic mass is 10.1. The molecule has 1 heterocycles. The van der Waals surface area contributed by atoms with Crippen molar-refractivity contribution in [3.8, 4) is 0 Å². The van der Waals surface area contributed by atoms with Gasteiger partial charge in [0.05, 0.1) is 5.69 Å². The second-order valence-electron chi connectivity index (χ2n) is 5.49. The number of urea groups is 1. The van der Waals surface area contributed by atoms with Crippen LogP contribution in [-0.4, -0.2) is 17.2 Å². The van der Waals surface area contributed by atoms with Crippen molar-refractivity contribution in [2.75, 3.05) is 0 Å². The SMILES string of the molecule is Cc1noc(C)c1CNC(=O)N[C@H]1C[C@@H]1c1ccccc1. The summed E-state index contributed by atoms with van der Waals surface area (Å²) >= 11 is 0. The lowest BCUT2D eigenvalue weighted by Gasteiger charge is -2.07. The molecule has 1 aromatic heterocycles. The summed E-state index contributed by atoms with van der Waals surface area (Å²) in [7, 11) is 0. The molecule has 3 rings (SSSR count). The highest BCUT2D eigenvalue weighted by molar-refractivity contribution is 5.75. The summed E-state index contributed by atoms with van der Waals surface area (Å²) in [6.07, 6.45) is 1.00. The summed E-state index contributed by atoms with van der Waals surface area (Å²) in [5.74, 6) is 1.19. The number of aromatic nitrogens is 1. The van der Waals surface area contributed by atoms with Gasteiger partial charge in [-0.15, -0.1) is 0 Å². The molecule has 5 heteroatoms. The Morgan fingerprint density at radius 2 is 2.10 bits per heavy atom. The number of carbonyl (C=O) groups excluding carboxylic acids is 1. The van der Waals surface area contributed by atoms with Crippen molar-refractivity contribution in [2.24, 2.45) is 0 Å². The molecule has 2 amide bonds. The minimum absolute atomic E-state index is 0.140. The van der Waals surface area contributed by atoms with Crippen molar-refractivity contribution in [2.45, 2.75) is 38.8 Å². The van der Waals surface area contributed by atoms with E-state index in [-0.39, 0.29) is 12.1 Å². The fourth-order valence-electron chi connectivity index (χ4n) is 2.57. The number of nitrogens with one attached hydrogen (secondary N) is 2. The second kappa shape index (κ2) is 5.60. The van der Waals surface area contributed by atoms with Crippen LogP contribution in [0.4, 0.5) is 4.79 Å². The number of aryl methyl sites for hydroxylation is 2. The number of carbonyl (C=O) groups is 1. The van der Waals surface area contributed by atoms with Crippen LogP contribution in [0.15, 0.2) is 34.9 Å². The van der Waals surface area contributed by atoms with Crippen molar-refractivity contribution < 1.29 is 9.32 Å². The summed E-state index contributed by atoms with van der Waals surface area (Å²) in [4.78, 5) is 11.9. The summed E-state index contributed by atoms with van der Waals surface area (Å²) in [6, 6.07) is 10.4. The minimum atomic E-state index is -0.140. The average Bonchev–Trinajstić information content (AvgIpc) is 3.17. The Morgan fingerprint density at radius 1 is 1.33 bits per heavy atom. The number of nitrogens with zero attached hydrogens (tertiary/aromatic N) is 1. The maximum atomic E-state index is 11.9. The number of amides is 2. The van der Waals surface area contributed by atoms with Gasteiger partial charge >= 0.3 is 6.03 Å². The van der Waals surface area contributed by atoms with Gasteiger partial charge in [0, 0.05) is 24.1 Å². The molecule has 0 unspecified atom stereocenters. The van der Waals surface area contributed by atoms with Gasteiger partial charge in [0.2, 0.25) is 0 Å². The Labute approximate surface area is 123 Å². The monoisotopic (exact) mass is 285 g/mol. The van der Waals surface area contributed by atoms with Crippen molar-refractivity contribution >= 4 is 6.03 Å². The summed E-state index contributed by atoms with van der Waals surface area (Å²) in [5.41, 5.74) is 3.05. The fraction of sp³-hybridized carbons (Fsp3) is 0.375. The van der Waals surface area contributed by atoms with Crippen LogP contribution in [0.1, 0.15) is 34.9 Å². The smallest absolute Gasteiger partial charge is 0.315 e. The van der Waals surface area contributed by atoms with Crippen LogP contribution < -0.4 is 10.6 Å². The first-order chi connectivity index (χ1) is 10.1. The number of hydrogen-bond acceptors (Lipinski definition) is 3. The molecular weight excluding hydrogens is 266 g/mol. The lowest BCUT2D eigenvalue weighted by molar-refractivity contribution is 0.240. The van der Waals surface area contributed by atoms with Crippen LogP contribution in [0.5, 0.6) is 0 Å². The van der Waals surface area contributed by atoms with Gasteiger partial charge in [-0.25, -0.2) is 4.79 Å². The maximum absolute atomic E-state index is 11.9. The minimum Gasteiger partial charge on any atom is -0.361 e. The number of rotatable bonds is 4. The van der Waals surface area contributed by atoms with E-state index in [0.717, 1.165) is 23.4 Å². The molecule has 110 valence electrons. The van der Waals surface area contributed by atoms with E-state index in [0.29, 0.717) is 12.5 Å². The molecule has 2 aromatic rings. The van der Waals surface area contributed by atoms with Crippen molar-refractivity contribution in [3.05, 3.63) is 52.9 Å². The van der Waals surface area contributed by atoms with Crippen LogP contribution in [0.2, 0.25) is 0 Å². The summed E-state index contributed by atoms with van der Waals surface area (Å²) in [5, 5.41) is 9.74. The number of benzene rings is 1. The Morgan fingerprint density at radius 3 is 2.76 bits per heavy atom. The zero-order valence-corrected chi connectivity index (χ0v) is 12.2. The molecular formula is C16H19N3O2. The number of hydrogen-bond donors (Lipinski definition) is 2. The lowest BCUT2D eigenvalue weighted by Crippen LogP contribution is -2.37. The van der Waals surface area contributed by atoms with Gasteiger partial charge < -0.3 is 15.2 Å². The van der Waals surface area contributed by atoms with Crippen LogP contribution in [0.3, 0.4) is 0 Å². The summed E-state index contributed by atoms with van der Waals surface area (Å²) < 4.78 is 5.07. The van der Waals surface area contributed by atoms with Crippen molar-refractivity contribution in [3.63, 3.8) is 0 Å². The largest absolute Gasteiger partial charge is 0.361 e. The molecule has 0 spiro atoms. The van der Waals surface area contributed by atoms with Crippen molar-refractivity contribution in [1.29, 1.82) is 0 Å². The maximum Gasteiger partial charge on any atom is 0.315 e. The third kappa shape index (κ3) is 3.07. The van der Waals surface area contributed by atoms with Crippen molar-refractivity contribution in [1.82, 2.24) is 15.8 Å². The first-order valence-electron chi connectivity index (χ1n) is 7.16. The zero-order valence-electron chi connectivity index (χ0n) is 12.2. The Kier molecular flexibility index (Phi) is 3.64. The van der Waals surface area contributed by atoms with E-state index >= 15 is 0 Å². The van der Waals surface area contributed by atoms with Gasteiger partial charge in [0.1, 0.15) is 5.76 Å². The molecule has 0 bridgehead atoms. The average molecular weight is 285 g/mol. The molecule has 1 aliphatic rings. The van der Waals surface area contributed by atoms with Gasteiger partial charge in [0.15, 0.2) is 0 Å². The van der Waals surface area contributed by atoms with Crippen LogP contribution in [0, 0.1) is 13.8 Å². The van der Waals surface area contributed by atoms with E-state index in [1.165, 1.54) is 5.56 Å². The van der Waals surface area contributed by atoms with Crippen LogP contribution in [0.25, 0.3) is 0 Å². The highest BCUT2D eigenvalue weighted by Gasteiger charge is 2.39. The Balaban J connectivity index is 1.48. The standard InChI is InChI=1S/C16H19N3O2/c1-10-14(11(2)21-19-10)9-17-16(20)18-15-8-13(15)12-6-4-3-5-7-12/h3-7,13,15H,8-9H2,1-2H3,(H2,17,18,20)/t13-,15+/m1/s1. The van der Waals surface area contributed by atoms with Gasteiger partial charge in [-0.1, -0.05) is 35.5 Å². The topological polar surface area (TPSA) is 67.2 Å². The Hall–Kier alpha value is -2.30. The third-order valence-corrected chi connectivity index (χ3v) is 3.94. The molecule has 2 atom stereocenters. The molecule has 0 radical (unpaired) electrons.